The van der Waals surface area contributed by atoms with E-state index in [1.54, 1.807) is 13.8 Å². The van der Waals surface area contributed by atoms with Crippen LogP contribution in [0.15, 0.2) is 17.4 Å². The van der Waals surface area contributed by atoms with E-state index in [4.69, 9.17) is 10.4 Å². The number of pyridine rings is 1. The Kier molecular flexibility index (Phi) is 1.85. The van der Waals surface area contributed by atoms with Crippen LogP contribution in [0, 0.1) is 13.8 Å². The van der Waals surface area contributed by atoms with Crippen molar-refractivity contribution in [3.8, 4) is 0 Å². The Morgan fingerprint density at radius 3 is 2.64 bits per heavy atom. The summed E-state index contributed by atoms with van der Waals surface area (Å²) in [5.41, 5.74) is 1.43. The predicted molar refractivity (Wildman–Crippen MR) is 38.4 cm³/mol. The smallest absolute Gasteiger partial charge is 0.109 e. The van der Waals surface area contributed by atoms with Crippen LogP contribution in [0.2, 0.25) is 0 Å². The first-order valence-corrected chi connectivity index (χ1v) is 3.23. The Morgan fingerprint density at radius 1 is 1.45 bits per heavy atom. The molecule has 1 aromatic rings. The van der Waals surface area contributed by atoms with Gasteiger partial charge in [-0.15, -0.1) is 0 Å². The van der Waals surface area contributed by atoms with E-state index >= 15 is 0 Å². The number of hydrogen-bond acceptors (Lipinski definition) is 3. The third-order valence-corrected chi connectivity index (χ3v) is 1.75. The fourth-order valence-electron chi connectivity index (χ4n) is 0.844. The summed E-state index contributed by atoms with van der Waals surface area (Å²) in [6.45, 7) is 3.51. The molecule has 0 aromatic carbocycles. The molecule has 0 bridgehead atoms. The van der Waals surface area contributed by atoms with Gasteiger partial charge >= 0.3 is 0 Å². The summed E-state index contributed by atoms with van der Waals surface area (Å²) >= 11 is 0. The van der Waals surface area contributed by atoms with Gasteiger partial charge in [-0.2, -0.15) is 4.73 Å². The molecule has 4 heteroatoms. The molecule has 0 amide bonds. The molecule has 4 nitrogen and oxygen atoms in total. The van der Waals surface area contributed by atoms with Gasteiger partial charge in [0.1, 0.15) is 5.36 Å². The van der Waals surface area contributed by atoms with Gasteiger partial charge in [-0.25, -0.2) is 0 Å². The zero-order valence-electron chi connectivity index (χ0n) is 6.44. The summed E-state index contributed by atoms with van der Waals surface area (Å²) in [5, 5.41) is 21.1. The fourth-order valence-corrected chi connectivity index (χ4v) is 0.844. The minimum absolute atomic E-state index is 0.479. The highest BCUT2D eigenvalue weighted by Gasteiger charge is 1.98. The highest BCUT2D eigenvalue weighted by Crippen LogP contribution is 1.97. The van der Waals surface area contributed by atoms with Crippen molar-refractivity contribution in [3.05, 3.63) is 28.9 Å². The van der Waals surface area contributed by atoms with Crippen LogP contribution in [-0.4, -0.2) is 15.1 Å². The summed E-state index contributed by atoms with van der Waals surface area (Å²) in [6.07, 6.45) is 1.43. The molecule has 0 spiro atoms. The quantitative estimate of drug-likeness (QED) is 0.327. The molecular formula is C7H10N2O2. The van der Waals surface area contributed by atoms with E-state index in [1.807, 2.05) is 0 Å². The molecule has 2 N–H and O–H groups in total. The van der Waals surface area contributed by atoms with Crippen LogP contribution in [0.25, 0.3) is 0 Å². The largest absolute Gasteiger partial charge is 0.429 e. The maximum Gasteiger partial charge on any atom is 0.109 e. The van der Waals surface area contributed by atoms with Crippen LogP contribution in [0.1, 0.15) is 11.3 Å². The van der Waals surface area contributed by atoms with Crippen molar-refractivity contribution in [1.29, 1.82) is 0 Å². The van der Waals surface area contributed by atoms with E-state index in [1.165, 1.54) is 12.3 Å². The molecule has 0 aliphatic heterocycles. The fraction of sp³-hybridized carbons (Fsp3) is 0.286. The van der Waals surface area contributed by atoms with Gasteiger partial charge in [-0.1, -0.05) is 5.16 Å². The van der Waals surface area contributed by atoms with Gasteiger partial charge in [0, 0.05) is 11.8 Å². The Hall–Kier alpha value is -1.45. The molecule has 0 aliphatic rings. The Labute approximate surface area is 64.0 Å². The van der Waals surface area contributed by atoms with E-state index in [2.05, 4.69) is 5.16 Å². The minimum Gasteiger partial charge on any atom is -0.429 e. The second kappa shape index (κ2) is 2.65. The second-order valence-corrected chi connectivity index (χ2v) is 2.36. The van der Waals surface area contributed by atoms with Crippen molar-refractivity contribution in [2.45, 2.75) is 13.8 Å². The van der Waals surface area contributed by atoms with Crippen LogP contribution in [0.4, 0.5) is 0 Å². The van der Waals surface area contributed by atoms with Crippen molar-refractivity contribution in [2.75, 3.05) is 0 Å². The molecule has 0 fully saturated rings. The van der Waals surface area contributed by atoms with E-state index < -0.39 is 0 Å². The number of aromatic nitrogens is 1. The highest BCUT2D eigenvalue weighted by atomic mass is 16.5. The molecule has 1 heterocycles. The number of nitrogens with zero attached hydrogens (tertiary/aromatic N) is 2. The molecule has 1 rings (SSSR count). The first-order chi connectivity index (χ1) is 5.16. The van der Waals surface area contributed by atoms with Crippen molar-refractivity contribution >= 4 is 0 Å². The number of rotatable bonds is 0. The first-order valence-electron chi connectivity index (χ1n) is 3.23. The lowest BCUT2D eigenvalue weighted by Gasteiger charge is -2.04. The molecule has 0 aliphatic carbocycles. The summed E-state index contributed by atoms with van der Waals surface area (Å²) in [5.74, 6) is 0. The zero-order chi connectivity index (χ0) is 8.43. The van der Waals surface area contributed by atoms with Gasteiger partial charge in [-0.3, -0.25) is 0 Å². The normalized spacial score (nSPS) is 12.0. The maximum atomic E-state index is 9.11. The molecule has 0 saturated carbocycles. The molecule has 1 aromatic heterocycles. The first kappa shape index (κ1) is 7.65. The summed E-state index contributed by atoms with van der Waals surface area (Å²) in [4.78, 5) is 0. The van der Waals surface area contributed by atoms with Gasteiger partial charge < -0.3 is 10.4 Å². The van der Waals surface area contributed by atoms with Gasteiger partial charge in [0.2, 0.25) is 0 Å². The third kappa shape index (κ3) is 1.19. The van der Waals surface area contributed by atoms with Crippen molar-refractivity contribution < 1.29 is 10.4 Å². The van der Waals surface area contributed by atoms with E-state index in [0.29, 0.717) is 11.1 Å². The van der Waals surface area contributed by atoms with E-state index in [-0.39, 0.29) is 0 Å². The zero-order valence-corrected chi connectivity index (χ0v) is 6.44. The average molecular weight is 154 g/mol. The predicted octanol–water partition coefficient (Wildman–Crippen LogP) is 0.632. The summed E-state index contributed by atoms with van der Waals surface area (Å²) in [7, 11) is 0. The number of hydrogen-bond donors (Lipinski definition) is 2. The lowest BCUT2D eigenvalue weighted by Crippen LogP contribution is -2.13. The van der Waals surface area contributed by atoms with Crippen molar-refractivity contribution in [1.82, 2.24) is 4.73 Å². The standard InChI is InChI=1S/C7H10N2O2/c1-5-6(2)9(11)4-3-7(5)8-10/h3-4,10-11H,1-2H3. The monoisotopic (exact) mass is 154 g/mol. The second-order valence-electron chi connectivity index (χ2n) is 2.36. The Morgan fingerprint density at radius 2 is 2.09 bits per heavy atom. The lowest BCUT2D eigenvalue weighted by molar-refractivity contribution is 0.176. The van der Waals surface area contributed by atoms with Crippen LogP contribution in [0.3, 0.4) is 0 Å². The van der Waals surface area contributed by atoms with Gasteiger partial charge in [-0.05, 0) is 19.9 Å². The molecule has 60 valence electrons. The minimum atomic E-state index is 0.479. The Bertz CT molecular complexity index is 328. The third-order valence-electron chi connectivity index (χ3n) is 1.75. The van der Waals surface area contributed by atoms with Crippen LogP contribution in [0.5, 0.6) is 0 Å². The topological polar surface area (TPSA) is 57.8 Å². The van der Waals surface area contributed by atoms with E-state index in [0.717, 1.165) is 10.3 Å². The summed E-state index contributed by atoms with van der Waals surface area (Å²) < 4.78 is 0.990. The van der Waals surface area contributed by atoms with Crippen LogP contribution < -0.4 is 5.36 Å². The molecule has 0 unspecified atom stereocenters. The van der Waals surface area contributed by atoms with E-state index in [9.17, 15) is 0 Å². The molecular weight excluding hydrogens is 144 g/mol. The summed E-state index contributed by atoms with van der Waals surface area (Å²) in [6, 6.07) is 1.53. The lowest BCUT2D eigenvalue weighted by atomic mass is 10.2. The van der Waals surface area contributed by atoms with Crippen LogP contribution >= 0.6 is 0 Å². The average Bonchev–Trinajstić information content (AvgIpc) is 2.01. The molecule has 11 heavy (non-hydrogen) atoms. The maximum absolute atomic E-state index is 9.11. The van der Waals surface area contributed by atoms with Crippen molar-refractivity contribution in [2.24, 2.45) is 5.16 Å². The Balaban J connectivity index is 3.50. The molecule has 0 atom stereocenters. The highest BCUT2D eigenvalue weighted by molar-refractivity contribution is 5.16. The molecule has 0 saturated heterocycles. The van der Waals surface area contributed by atoms with Gasteiger partial charge in [0.25, 0.3) is 0 Å². The van der Waals surface area contributed by atoms with Crippen LogP contribution in [-0.2, 0) is 0 Å². The van der Waals surface area contributed by atoms with Crippen molar-refractivity contribution in [3.63, 3.8) is 0 Å². The molecule has 0 radical (unpaired) electrons. The van der Waals surface area contributed by atoms with Gasteiger partial charge in [0.15, 0.2) is 0 Å². The van der Waals surface area contributed by atoms with Gasteiger partial charge in [0.05, 0.1) is 5.69 Å². The SMILES string of the molecule is Cc1c(C)n(O)ccc1=NO.